The summed E-state index contributed by atoms with van der Waals surface area (Å²) in [5, 5.41) is 3.10. The molecular formula is C26H28N2O4S. The average Bonchev–Trinajstić information content (AvgIpc) is 2.85. The molecule has 0 spiro atoms. The molecule has 0 radical (unpaired) electrons. The molecule has 0 aliphatic carbocycles. The highest BCUT2D eigenvalue weighted by Crippen LogP contribution is 2.34. The lowest BCUT2D eigenvalue weighted by molar-refractivity contribution is 0.0487. The van der Waals surface area contributed by atoms with Crippen LogP contribution in [0.1, 0.15) is 34.3 Å². The van der Waals surface area contributed by atoms with E-state index in [0.717, 1.165) is 12.8 Å². The number of hydrogen-bond acceptors (Lipinski definition) is 4. The molecule has 4 rings (SSSR count). The van der Waals surface area contributed by atoms with Crippen LogP contribution < -0.4 is 10.0 Å². The van der Waals surface area contributed by atoms with Crippen LogP contribution in [0.25, 0.3) is 0 Å². The van der Waals surface area contributed by atoms with Crippen molar-refractivity contribution in [3.05, 3.63) is 95.6 Å². The molecule has 0 saturated carbocycles. The fourth-order valence-corrected chi connectivity index (χ4v) is 5.41. The van der Waals surface area contributed by atoms with Gasteiger partial charge in [0.1, 0.15) is 0 Å². The van der Waals surface area contributed by atoms with Crippen molar-refractivity contribution in [2.45, 2.75) is 30.1 Å². The van der Waals surface area contributed by atoms with E-state index in [4.69, 9.17) is 4.74 Å². The molecule has 1 heterocycles. The average molecular weight is 465 g/mol. The molecule has 1 aliphatic rings. The summed E-state index contributed by atoms with van der Waals surface area (Å²) in [7, 11) is -3.75. The lowest BCUT2D eigenvalue weighted by atomic mass is 9.74. The molecule has 7 heteroatoms. The smallest absolute Gasteiger partial charge is 0.261 e. The Balaban J connectivity index is 1.53. The van der Waals surface area contributed by atoms with Gasteiger partial charge in [0, 0.05) is 30.7 Å². The summed E-state index contributed by atoms with van der Waals surface area (Å²) in [6.45, 7) is 3.54. The van der Waals surface area contributed by atoms with Gasteiger partial charge in [0.05, 0.1) is 10.6 Å². The second kappa shape index (κ2) is 9.77. The number of anilines is 1. The van der Waals surface area contributed by atoms with Gasteiger partial charge in [-0.2, -0.15) is 0 Å². The predicted molar refractivity (Wildman–Crippen MR) is 129 cm³/mol. The highest BCUT2D eigenvalue weighted by Gasteiger charge is 2.35. The normalized spacial score (nSPS) is 15.5. The molecular weight excluding hydrogens is 436 g/mol. The molecule has 2 N–H and O–H groups in total. The van der Waals surface area contributed by atoms with E-state index in [9.17, 15) is 13.2 Å². The van der Waals surface area contributed by atoms with E-state index < -0.39 is 10.0 Å². The molecule has 1 saturated heterocycles. The van der Waals surface area contributed by atoms with Crippen molar-refractivity contribution in [1.82, 2.24) is 5.32 Å². The van der Waals surface area contributed by atoms with E-state index in [1.807, 2.05) is 18.2 Å². The first-order valence-electron chi connectivity index (χ1n) is 11.0. The second-order valence-electron chi connectivity index (χ2n) is 8.34. The molecule has 6 nitrogen and oxygen atoms in total. The van der Waals surface area contributed by atoms with Gasteiger partial charge in [-0.05, 0) is 55.2 Å². The first-order chi connectivity index (χ1) is 15.9. The van der Waals surface area contributed by atoms with Gasteiger partial charge < -0.3 is 10.1 Å². The highest BCUT2D eigenvalue weighted by molar-refractivity contribution is 7.92. The Morgan fingerprint density at radius 3 is 2.21 bits per heavy atom. The minimum absolute atomic E-state index is 0.170. The van der Waals surface area contributed by atoms with E-state index in [1.165, 1.54) is 17.7 Å². The van der Waals surface area contributed by atoms with Gasteiger partial charge in [-0.3, -0.25) is 9.52 Å². The van der Waals surface area contributed by atoms with Gasteiger partial charge in [-0.1, -0.05) is 54.6 Å². The molecule has 0 atom stereocenters. The molecule has 0 bridgehead atoms. The van der Waals surface area contributed by atoms with Crippen molar-refractivity contribution in [1.29, 1.82) is 0 Å². The molecule has 0 unspecified atom stereocenters. The van der Waals surface area contributed by atoms with E-state index in [0.29, 0.717) is 36.6 Å². The number of ether oxygens (including phenoxy) is 1. The fraction of sp³-hybridized carbons (Fsp3) is 0.269. The number of amides is 1. The molecule has 3 aromatic carbocycles. The molecule has 3 aromatic rings. The van der Waals surface area contributed by atoms with Gasteiger partial charge in [-0.15, -0.1) is 0 Å². The van der Waals surface area contributed by atoms with E-state index >= 15 is 0 Å². The number of carbonyl (C=O) groups is 1. The van der Waals surface area contributed by atoms with Crippen LogP contribution in [0.4, 0.5) is 5.69 Å². The number of benzene rings is 3. The third-order valence-corrected chi connectivity index (χ3v) is 7.68. The van der Waals surface area contributed by atoms with Crippen LogP contribution in [-0.4, -0.2) is 34.1 Å². The van der Waals surface area contributed by atoms with Crippen LogP contribution in [-0.2, 0) is 20.2 Å². The van der Waals surface area contributed by atoms with Gasteiger partial charge >= 0.3 is 0 Å². The summed E-state index contributed by atoms with van der Waals surface area (Å²) in [4.78, 5) is 13.3. The van der Waals surface area contributed by atoms with Crippen molar-refractivity contribution in [2.75, 3.05) is 24.5 Å². The van der Waals surface area contributed by atoms with Crippen LogP contribution in [0.2, 0.25) is 0 Å². The summed E-state index contributed by atoms with van der Waals surface area (Å²) < 4.78 is 33.7. The Bertz CT molecular complexity index is 1210. The fourth-order valence-electron chi connectivity index (χ4n) is 4.26. The summed E-state index contributed by atoms with van der Waals surface area (Å²) in [6, 6.07) is 23.4. The van der Waals surface area contributed by atoms with Crippen LogP contribution in [0.15, 0.2) is 83.8 Å². The zero-order valence-corrected chi connectivity index (χ0v) is 19.4. The molecule has 0 aromatic heterocycles. The minimum Gasteiger partial charge on any atom is -0.381 e. The standard InChI is InChI=1S/C26H28N2O4S/c1-20-23(13-8-14-24(20)28-33(30,31)22-11-6-3-7-12-22)25(29)27-19-26(15-17-32-18-16-26)21-9-4-2-5-10-21/h2-14,28H,15-19H2,1H3,(H,27,29). The zero-order chi connectivity index (χ0) is 23.3. The van der Waals surface area contributed by atoms with E-state index in [1.54, 1.807) is 43.3 Å². The Labute approximate surface area is 195 Å². The van der Waals surface area contributed by atoms with Crippen molar-refractivity contribution >= 4 is 21.6 Å². The van der Waals surface area contributed by atoms with Crippen LogP contribution in [0.5, 0.6) is 0 Å². The maximum absolute atomic E-state index is 13.1. The van der Waals surface area contributed by atoms with Crippen molar-refractivity contribution in [2.24, 2.45) is 0 Å². The number of carbonyl (C=O) groups excluding carboxylic acids is 1. The molecule has 172 valence electrons. The SMILES string of the molecule is Cc1c(NS(=O)(=O)c2ccccc2)cccc1C(=O)NCC1(c2ccccc2)CCOCC1. The van der Waals surface area contributed by atoms with Gasteiger partial charge in [-0.25, -0.2) is 8.42 Å². The lowest BCUT2D eigenvalue weighted by Gasteiger charge is -2.38. The maximum atomic E-state index is 13.1. The lowest BCUT2D eigenvalue weighted by Crippen LogP contribution is -2.44. The van der Waals surface area contributed by atoms with E-state index in [-0.39, 0.29) is 16.2 Å². The number of hydrogen-bond donors (Lipinski definition) is 2. The quantitative estimate of drug-likeness (QED) is 0.547. The van der Waals surface area contributed by atoms with Crippen molar-refractivity contribution < 1.29 is 17.9 Å². The summed E-state index contributed by atoms with van der Waals surface area (Å²) in [5.41, 5.74) is 2.41. The maximum Gasteiger partial charge on any atom is 0.261 e. The Hall–Kier alpha value is -3.16. The minimum atomic E-state index is -3.75. The Morgan fingerprint density at radius 2 is 1.55 bits per heavy atom. The van der Waals surface area contributed by atoms with Crippen LogP contribution in [0.3, 0.4) is 0 Å². The summed E-state index contributed by atoms with van der Waals surface area (Å²) >= 11 is 0. The Kier molecular flexibility index (Phi) is 6.81. The molecule has 1 aliphatic heterocycles. The van der Waals surface area contributed by atoms with Gasteiger partial charge in [0.2, 0.25) is 0 Å². The monoisotopic (exact) mass is 464 g/mol. The first kappa shape index (κ1) is 23.0. The second-order valence-corrected chi connectivity index (χ2v) is 10.0. The largest absolute Gasteiger partial charge is 0.381 e. The van der Waals surface area contributed by atoms with Crippen molar-refractivity contribution in [3.8, 4) is 0 Å². The Morgan fingerprint density at radius 1 is 0.909 bits per heavy atom. The molecule has 33 heavy (non-hydrogen) atoms. The van der Waals surface area contributed by atoms with Crippen molar-refractivity contribution in [3.63, 3.8) is 0 Å². The zero-order valence-electron chi connectivity index (χ0n) is 18.6. The number of rotatable bonds is 7. The topological polar surface area (TPSA) is 84.5 Å². The first-order valence-corrected chi connectivity index (χ1v) is 12.5. The third-order valence-electron chi connectivity index (χ3n) is 6.30. The molecule has 1 fully saturated rings. The summed E-state index contributed by atoms with van der Waals surface area (Å²) in [5.74, 6) is -0.227. The number of sulfonamides is 1. The third kappa shape index (κ3) is 5.10. The van der Waals surface area contributed by atoms with Crippen LogP contribution >= 0.6 is 0 Å². The highest BCUT2D eigenvalue weighted by atomic mass is 32.2. The van der Waals surface area contributed by atoms with Gasteiger partial charge in [0.15, 0.2) is 0 Å². The van der Waals surface area contributed by atoms with Crippen LogP contribution in [0, 0.1) is 6.92 Å². The summed E-state index contributed by atoms with van der Waals surface area (Å²) in [6.07, 6.45) is 1.65. The molecule has 1 amide bonds. The van der Waals surface area contributed by atoms with Gasteiger partial charge in [0.25, 0.3) is 15.9 Å². The number of nitrogens with one attached hydrogen (secondary N) is 2. The predicted octanol–water partition coefficient (Wildman–Crippen LogP) is 4.27. The van der Waals surface area contributed by atoms with E-state index in [2.05, 4.69) is 22.2 Å².